The van der Waals surface area contributed by atoms with Crippen molar-refractivity contribution >= 4 is 23.3 Å². The van der Waals surface area contributed by atoms with Gasteiger partial charge in [-0.3, -0.25) is 14.5 Å². The van der Waals surface area contributed by atoms with Gasteiger partial charge in [-0.05, 0) is 68.0 Å². The van der Waals surface area contributed by atoms with Gasteiger partial charge in [-0.2, -0.15) is 5.10 Å². The number of benzene rings is 1. The molecular weight excluding hydrogens is 418 g/mol. The van der Waals surface area contributed by atoms with Gasteiger partial charge in [0, 0.05) is 32.4 Å². The van der Waals surface area contributed by atoms with Gasteiger partial charge in [0.15, 0.2) is 5.82 Å². The van der Waals surface area contributed by atoms with Crippen LogP contribution < -0.4 is 10.2 Å². The van der Waals surface area contributed by atoms with Crippen molar-refractivity contribution in [3.05, 3.63) is 48.2 Å². The first-order valence-corrected chi connectivity index (χ1v) is 12.0. The Balaban J connectivity index is 1.27. The molecule has 2 aromatic rings. The molecule has 0 radical (unpaired) electrons. The Kier molecular flexibility index (Phi) is 6.64. The summed E-state index contributed by atoms with van der Waals surface area (Å²) in [5, 5.41) is 11.5. The molecule has 0 spiro atoms. The van der Waals surface area contributed by atoms with E-state index in [1.54, 1.807) is 17.2 Å². The van der Waals surface area contributed by atoms with Crippen molar-refractivity contribution in [2.45, 2.75) is 31.6 Å². The van der Waals surface area contributed by atoms with Crippen LogP contribution in [0, 0.1) is 11.8 Å². The lowest BCUT2D eigenvalue weighted by molar-refractivity contribution is -0.136. The van der Waals surface area contributed by atoms with Crippen LogP contribution in [0.2, 0.25) is 0 Å². The minimum absolute atomic E-state index is 0.0421. The summed E-state index contributed by atoms with van der Waals surface area (Å²) < 4.78 is 5.38. The second-order valence-corrected chi connectivity index (χ2v) is 9.20. The predicted molar refractivity (Wildman–Crippen MR) is 124 cm³/mol. The molecule has 3 aliphatic rings. The van der Waals surface area contributed by atoms with Crippen molar-refractivity contribution in [1.82, 2.24) is 20.4 Å². The zero-order chi connectivity index (χ0) is 22.6. The Labute approximate surface area is 194 Å². The fourth-order valence-corrected chi connectivity index (χ4v) is 5.15. The smallest absolute Gasteiger partial charge is 0.237 e. The highest BCUT2D eigenvalue weighted by molar-refractivity contribution is 6.01. The number of carbonyl (C=O) groups is 2. The molecule has 4 heterocycles. The first-order chi connectivity index (χ1) is 16.2. The molecule has 8 heteroatoms. The van der Waals surface area contributed by atoms with Gasteiger partial charge in [0.05, 0.1) is 24.1 Å². The van der Waals surface area contributed by atoms with Gasteiger partial charge < -0.3 is 15.0 Å². The van der Waals surface area contributed by atoms with E-state index in [9.17, 15) is 9.59 Å². The molecule has 8 nitrogen and oxygen atoms in total. The largest absolute Gasteiger partial charge is 0.381 e. The molecule has 0 bridgehead atoms. The highest BCUT2D eigenvalue weighted by Gasteiger charge is 2.32. The predicted octanol–water partition coefficient (Wildman–Crippen LogP) is 2.49. The quantitative estimate of drug-likeness (QED) is 0.755. The molecule has 2 amide bonds. The SMILES string of the molecule is O=C(C1CCOC1)N1CCC(c2ccc(N(C(=O)[C@H]3CCNC3)c3cccnn3)cc2)CC1. The third-order valence-electron chi connectivity index (χ3n) is 7.13. The van der Waals surface area contributed by atoms with E-state index >= 15 is 0 Å². The molecule has 3 aliphatic heterocycles. The van der Waals surface area contributed by atoms with Crippen molar-refractivity contribution in [1.29, 1.82) is 0 Å². The summed E-state index contributed by atoms with van der Waals surface area (Å²) in [7, 11) is 0. The maximum atomic E-state index is 13.3. The Morgan fingerprint density at radius 1 is 1.03 bits per heavy atom. The molecule has 33 heavy (non-hydrogen) atoms. The highest BCUT2D eigenvalue weighted by Crippen LogP contribution is 2.33. The Morgan fingerprint density at radius 2 is 1.85 bits per heavy atom. The summed E-state index contributed by atoms with van der Waals surface area (Å²) in [6, 6.07) is 11.9. The Hall–Kier alpha value is -2.84. The van der Waals surface area contributed by atoms with E-state index in [2.05, 4.69) is 27.6 Å². The molecule has 174 valence electrons. The fourth-order valence-electron chi connectivity index (χ4n) is 5.15. The molecule has 0 aliphatic carbocycles. The number of hydrogen-bond acceptors (Lipinski definition) is 6. The van der Waals surface area contributed by atoms with Gasteiger partial charge in [-0.15, -0.1) is 5.10 Å². The van der Waals surface area contributed by atoms with Crippen molar-refractivity contribution in [3.8, 4) is 0 Å². The number of nitrogens with one attached hydrogen (secondary N) is 1. The second-order valence-electron chi connectivity index (χ2n) is 9.20. The minimum atomic E-state index is -0.0567. The van der Waals surface area contributed by atoms with Gasteiger partial charge in [0.1, 0.15) is 0 Å². The van der Waals surface area contributed by atoms with Gasteiger partial charge in [0.2, 0.25) is 11.8 Å². The lowest BCUT2D eigenvalue weighted by atomic mass is 9.88. The van der Waals surface area contributed by atoms with Gasteiger partial charge in [0.25, 0.3) is 0 Å². The zero-order valence-corrected chi connectivity index (χ0v) is 18.9. The fraction of sp³-hybridized carbons (Fsp3) is 0.520. The van der Waals surface area contributed by atoms with Crippen LogP contribution in [-0.2, 0) is 14.3 Å². The average Bonchev–Trinajstić information content (AvgIpc) is 3.60. The molecule has 0 saturated carbocycles. The Morgan fingerprint density at radius 3 is 2.48 bits per heavy atom. The van der Waals surface area contributed by atoms with Crippen LogP contribution in [0.4, 0.5) is 11.5 Å². The Bertz CT molecular complexity index is 948. The van der Waals surface area contributed by atoms with Crippen LogP contribution in [-0.4, -0.2) is 66.3 Å². The van der Waals surface area contributed by atoms with Crippen LogP contribution in [0.25, 0.3) is 0 Å². The van der Waals surface area contributed by atoms with E-state index in [-0.39, 0.29) is 23.7 Å². The van der Waals surface area contributed by atoms with E-state index in [1.165, 1.54) is 5.56 Å². The molecule has 3 saturated heterocycles. The summed E-state index contributed by atoms with van der Waals surface area (Å²) in [5.74, 6) is 1.25. The lowest BCUT2D eigenvalue weighted by Crippen LogP contribution is -2.41. The van der Waals surface area contributed by atoms with E-state index in [4.69, 9.17) is 4.74 Å². The maximum absolute atomic E-state index is 13.3. The van der Waals surface area contributed by atoms with E-state index < -0.39 is 0 Å². The number of anilines is 2. The number of rotatable bonds is 5. The summed E-state index contributed by atoms with van der Waals surface area (Å²) in [6.45, 7) is 4.40. The van der Waals surface area contributed by atoms with Gasteiger partial charge in [-0.25, -0.2) is 0 Å². The average molecular weight is 450 g/mol. The minimum Gasteiger partial charge on any atom is -0.381 e. The van der Waals surface area contributed by atoms with E-state index in [0.717, 1.165) is 51.0 Å². The summed E-state index contributed by atoms with van der Waals surface area (Å²) in [6.07, 6.45) is 5.21. The molecule has 1 aromatic heterocycles. The maximum Gasteiger partial charge on any atom is 0.237 e. The monoisotopic (exact) mass is 449 g/mol. The van der Waals surface area contributed by atoms with Crippen LogP contribution in [0.5, 0.6) is 0 Å². The number of amides is 2. The number of hydrogen-bond donors (Lipinski definition) is 1. The summed E-state index contributed by atoms with van der Waals surface area (Å²) >= 11 is 0. The molecule has 5 rings (SSSR count). The molecule has 2 atom stereocenters. The van der Waals surface area contributed by atoms with Crippen LogP contribution in [0.3, 0.4) is 0 Å². The summed E-state index contributed by atoms with van der Waals surface area (Å²) in [5.41, 5.74) is 2.06. The zero-order valence-electron chi connectivity index (χ0n) is 18.9. The molecule has 1 N–H and O–H groups in total. The second kappa shape index (κ2) is 9.97. The van der Waals surface area contributed by atoms with Crippen molar-refractivity contribution in [2.24, 2.45) is 11.8 Å². The molecular formula is C25H31N5O3. The highest BCUT2D eigenvalue weighted by atomic mass is 16.5. The van der Waals surface area contributed by atoms with Crippen molar-refractivity contribution < 1.29 is 14.3 Å². The first-order valence-electron chi connectivity index (χ1n) is 12.0. The number of likely N-dealkylation sites (tertiary alicyclic amines) is 1. The third-order valence-corrected chi connectivity index (χ3v) is 7.13. The molecule has 3 fully saturated rings. The van der Waals surface area contributed by atoms with Crippen LogP contribution in [0.1, 0.15) is 37.2 Å². The summed E-state index contributed by atoms with van der Waals surface area (Å²) in [4.78, 5) is 29.7. The van der Waals surface area contributed by atoms with Crippen LogP contribution >= 0.6 is 0 Å². The van der Waals surface area contributed by atoms with E-state index in [1.807, 2.05) is 23.1 Å². The molecule has 1 unspecified atom stereocenters. The normalized spacial score (nSPS) is 23.6. The number of piperidine rings is 1. The first kappa shape index (κ1) is 22.0. The van der Waals surface area contributed by atoms with E-state index in [0.29, 0.717) is 31.5 Å². The third kappa shape index (κ3) is 4.77. The van der Waals surface area contributed by atoms with Crippen molar-refractivity contribution in [2.75, 3.05) is 44.3 Å². The topological polar surface area (TPSA) is 87.7 Å². The van der Waals surface area contributed by atoms with Gasteiger partial charge in [-0.1, -0.05) is 12.1 Å². The standard InChI is InChI=1S/C25H31N5O3/c31-24(21-10-15-33-17-21)29-13-8-19(9-14-29)18-3-5-22(6-4-18)30(23-2-1-11-27-28-23)25(32)20-7-12-26-16-20/h1-6,11,19-21,26H,7-10,12-17H2/t20-,21?/m0/s1. The number of ether oxygens (including phenoxy) is 1. The number of carbonyl (C=O) groups excluding carboxylic acids is 2. The van der Waals surface area contributed by atoms with Crippen LogP contribution in [0.15, 0.2) is 42.6 Å². The lowest BCUT2D eigenvalue weighted by Gasteiger charge is -2.33. The van der Waals surface area contributed by atoms with Crippen molar-refractivity contribution in [3.63, 3.8) is 0 Å². The number of aromatic nitrogens is 2. The molecule has 1 aromatic carbocycles. The number of nitrogens with zero attached hydrogens (tertiary/aromatic N) is 4. The van der Waals surface area contributed by atoms with Gasteiger partial charge >= 0.3 is 0 Å².